The fraction of sp³-hybridized carbons (Fsp3) is 0.0870. The molecule has 0 saturated heterocycles. The van der Waals surface area contributed by atoms with Crippen molar-refractivity contribution in [1.29, 1.82) is 0 Å². The van der Waals surface area contributed by atoms with Crippen LogP contribution in [0.1, 0.15) is 0 Å². The molecule has 180 valence electrons. The second kappa shape index (κ2) is 10.6. The van der Waals surface area contributed by atoms with Crippen LogP contribution in [-0.2, 0) is 14.8 Å². The van der Waals surface area contributed by atoms with E-state index in [0.717, 1.165) is 21.2 Å². The van der Waals surface area contributed by atoms with Crippen LogP contribution in [0.4, 0.5) is 10.8 Å². The third kappa shape index (κ3) is 5.91. The lowest BCUT2D eigenvalue weighted by Crippen LogP contribution is -2.38. The summed E-state index contributed by atoms with van der Waals surface area (Å²) in [5.74, 6) is -0.0802. The summed E-state index contributed by atoms with van der Waals surface area (Å²) in [6.45, 7) is -0.494. The number of nitrogens with zero attached hydrogens (tertiary/aromatic N) is 3. The molecule has 12 heteroatoms. The zero-order chi connectivity index (χ0) is 25.0. The fourth-order valence-corrected chi connectivity index (χ4v) is 5.51. The monoisotopic (exact) mass is 548 g/mol. The van der Waals surface area contributed by atoms with Gasteiger partial charge in [0.1, 0.15) is 17.3 Å². The Morgan fingerprint density at radius 3 is 2.14 bits per heavy atom. The molecule has 1 heterocycles. The number of methoxy groups -OCH3 is 1. The minimum Gasteiger partial charge on any atom is -0.497 e. The van der Waals surface area contributed by atoms with Gasteiger partial charge in [-0.05, 0) is 60.7 Å². The highest BCUT2D eigenvalue weighted by atomic mass is 35.5. The predicted octanol–water partition coefficient (Wildman–Crippen LogP) is 5.35. The van der Waals surface area contributed by atoms with Crippen molar-refractivity contribution < 1.29 is 17.9 Å². The fourth-order valence-electron chi connectivity index (χ4n) is 3.07. The Kier molecular flexibility index (Phi) is 7.56. The second-order valence-corrected chi connectivity index (χ2v) is 10.8. The summed E-state index contributed by atoms with van der Waals surface area (Å²) < 4.78 is 33.0. The number of halogens is 2. The Hall–Kier alpha value is -3.18. The number of carbonyl (C=O) groups is 1. The van der Waals surface area contributed by atoms with E-state index in [1.165, 1.54) is 43.5 Å². The molecule has 0 unspecified atom stereocenters. The van der Waals surface area contributed by atoms with Crippen molar-refractivity contribution in [3.05, 3.63) is 82.8 Å². The largest absolute Gasteiger partial charge is 0.497 e. The molecule has 0 saturated carbocycles. The summed E-state index contributed by atoms with van der Waals surface area (Å²) in [5.41, 5.74) is 1.07. The maximum Gasteiger partial charge on any atom is 0.264 e. The van der Waals surface area contributed by atoms with Crippen molar-refractivity contribution in [3.8, 4) is 16.3 Å². The minimum absolute atomic E-state index is 0.00184. The van der Waals surface area contributed by atoms with Gasteiger partial charge in [-0.15, -0.1) is 10.2 Å². The molecule has 0 bridgehead atoms. The Balaban J connectivity index is 1.58. The van der Waals surface area contributed by atoms with E-state index < -0.39 is 22.5 Å². The van der Waals surface area contributed by atoms with E-state index in [1.807, 2.05) is 0 Å². The van der Waals surface area contributed by atoms with Gasteiger partial charge in [0.25, 0.3) is 10.0 Å². The average Bonchev–Trinajstić information content (AvgIpc) is 3.32. The molecule has 4 rings (SSSR count). The lowest BCUT2D eigenvalue weighted by molar-refractivity contribution is -0.114. The Morgan fingerprint density at radius 1 is 0.943 bits per heavy atom. The van der Waals surface area contributed by atoms with Crippen molar-refractivity contribution in [2.45, 2.75) is 4.90 Å². The average molecular weight is 549 g/mol. The standard InChI is InChI=1S/C23H18Cl2N4O4S2/c1-33-19-10-12-20(13-11-19)35(31,32)29(18-8-6-17(25)7-9-18)14-21(30)26-23-28-27-22(34-23)15-2-4-16(24)5-3-15/h2-13H,14H2,1H3,(H,26,28,30). The summed E-state index contributed by atoms with van der Waals surface area (Å²) in [4.78, 5) is 12.9. The Bertz CT molecular complexity index is 1430. The van der Waals surface area contributed by atoms with Gasteiger partial charge < -0.3 is 4.74 Å². The van der Waals surface area contributed by atoms with Crippen molar-refractivity contribution in [2.75, 3.05) is 23.3 Å². The topological polar surface area (TPSA) is 101 Å². The van der Waals surface area contributed by atoms with Crippen LogP contribution in [0.25, 0.3) is 10.6 Å². The summed E-state index contributed by atoms with van der Waals surface area (Å²) in [6.07, 6.45) is 0. The SMILES string of the molecule is COc1ccc(S(=O)(=O)N(CC(=O)Nc2nnc(-c3ccc(Cl)cc3)s2)c2ccc(Cl)cc2)cc1. The maximum absolute atomic E-state index is 13.5. The molecule has 0 aliphatic carbocycles. The zero-order valence-corrected chi connectivity index (χ0v) is 21.3. The Morgan fingerprint density at radius 2 is 1.54 bits per heavy atom. The second-order valence-electron chi connectivity index (χ2n) is 7.13. The number of aromatic nitrogens is 2. The van der Waals surface area contributed by atoms with Crippen LogP contribution in [0.15, 0.2) is 77.7 Å². The first-order valence-corrected chi connectivity index (χ1v) is 13.1. The first kappa shape index (κ1) is 24.9. The molecular formula is C23H18Cl2N4O4S2. The van der Waals surface area contributed by atoms with E-state index in [0.29, 0.717) is 20.8 Å². The van der Waals surface area contributed by atoms with Crippen LogP contribution < -0.4 is 14.4 Å². The molecule has 35 heavy (non-hydrogen) atoms. The summed E-state index contributed by atoms with van der Waals surface area (Å²) in [6, 6.07) is 19.1. The number of rotatable bonds is 8. The van der Waals surface area contributed by atoms with Crippen LogP contribution in [0.5, 0.6) is 5.75 Å². The lowest BCUT2D eigenvalue weighted by Gasteiger charge is -2.24. The normalized spacial score (nSPS) is 11.2. The van der Waals surface area contributed by atoms with Crippen molar-refractivity contribution in [3.63, 3.8) is 0 Å². The number of hydrogen-bond donors (Lipinski definition) is 1. The molecule has 1 aromatic heterocycles. The van der Waals surface area contributed by atoms with Crippen molar-refractivity contribution in [1.82, 2.24) is 10.2 Å². The van der Waals surface area contributed by atoms with E-state index in [4.69, 9.17) is 27.9 Å². The molecule has 0 aliphatic heterocycles. The number of carbonyl (C=O) groups excluding carboxylic acids is 1. The third-order valence-electron chi connectivity index (χ3n) is 4.81. The lowest BCUT2D eigenvalue weighted by atomic mass is 10.2. The van der Waals surface area contributed by atoms with E-state index in [1.54, 1.807) is 36.4 Å². The molecule has 4 aromatic rings. The quantitative estimate of drug-likeness (QED) is 0.318. The highest BCUT2D eigenvalue weighted by molar-refractivity contribution is 7.92. The van der Waals surface area contributed by atoms with E-state index >= 15 is 0 Å². The van der Waals surface area contributed by atoms with Gasteiger partial charge in [0.2, 0.25) is 11.0 Å². The molecule has 0 aliphatic rings. The molecule has 1 amide bonds. The number of sulfonamides is 1. The van der Waals surface area contributed by atoms with Gasteiger partial charge in [-0.25, -0.2) is 8.42 Å². The van der Waals surface area contributed by atoms with Gasteiger partial charge in [0, 0.05) is 15.6 Å². The molecule has 0 atom stereocenters. The number of nitrogens with one attached hydrogen (secondary N) is 1. The zero-order valence-electron chi connectivity index (χ0n) is 18.2. The van der Waals surface area contributed by atoms with Crippen molar-refractivity contribution >= 4 is 61.3 Å². The maximum atomic E-state index is 13.5. The minimum atomic E-state index is -4.09. The predicted molar refractivity (Wildman–Crippen MR) is 138 cm³/mol. The number of ether oxygens (including phenoxy) is 1. The van der Waals surface area contributed by atoms with Crippen LogP contribution >= 0.6 is 34.5 Å². The van der Waals surface area contributed by atoms with Crippen LogP contribution in [-0.4, -0.2) is 38.2 Å². The number of anilines is 2. The van der Waals surface area contributed by atoms with Gasteiger partial charge in [-0.2, -0.15) is 0 Å². The van der Waals surface area contributed by atoms with Gasteiger partial charge in [0.15, 0.2) is 0 Å². The van der Waals surface area contributed by atoms with Crippen LogP contribution in [0, 0.1) is 0 Å². The smallest absolute Gasteiger partial charge is 0.264 e. The molecule has 8 nitrogen and oxygen atoms in total. The number of benzene rings is 3. The van der Waals surface area contributed by atoms with Crippen LogP contribution in [0.2, 0.25) is 10.0 Å². The van der Waals surface area contributed by atoms with Gasteiger partial charge in [-0.3, -0.25) is 14.4 Å². The summed E-state index contributed by atoms with van der Waals surface area (Å²) >= 11 is 13.0. The van der Waals surface area contributed by atoms with Gasteiger partial charge in [0.05, 0.1) is 17.7 Å². The van der Waals surface area contributed by atoms with Crippen LogP contribution in [0.3, 0.4) is 0 Å². The molecule has 0 spiro atoms. The van der Waals surface area contributed by atoms with Gasteiger partial charge >= 0.3 is 0 Å². The molecule has 1 N–H and O–H groups in total. The first-order chi connectivity index (χ1) is 16.8. The highest BCUT2D eigenvalue weighted by Gasteiger charge is 2.28. The Labute approximate surface area is 216 Å². The first-order valence-electron chi connectivity index (χ1n) is 10.1. The third-order valence-corrected chi connectivity index (χ3v) is 7.99. The summed E-state index contributed by atoms with van der Waals surface area (Å²) in [7, 11) is -2.61. The summed E-state index contributed by atoms with van der Waals surface area (Å²) in [5, 5.41) is 12.5. The molecule has 0 fully saturated rings. The highest BCUT2D eigenvalue weighted by Crippen LogP contribution is 2.29. The number of amides is 1. The van der Waals surface area contributed by atoms with Gasteiger partial charge in [-0.1, -0.05) is 46.7 Å². The number of hydrogen-bond acceptors (Lipinski definition) is 7. The van der Waals surface area contributed by atoms with E-state index in [9.17, 15) is 13.2 Å². The van der Waals surface area contributed by atoms with E-state index in [-0.39, 0.29) is 15.7 Å². The van der Waals surface area contributed by atoms with Crippen molar-refractivity contribution in [2.24, 2.45) is 0 Å². The molecule has 3 aromatic carbocycles. The molecule has 0 radical (unpaired) electrons. The molecular weight excluding hydrogens is 531 g/mol. The van der Waals surface area contributed by atoms with E-state index in [2.05, 4.69) is 15.5 Å².